The fraction of sp³-hybridized carbons (Fsp3) is 0.333. The number of rotatable bonds is 4. The van der Waals surface area contributed by atoms with Crippen molar-refractivity contribution >= 4 is 23.5 Å². The molecule has 0 aliphatic carbocycles. The summed E-state index contributed by atoms with van der Waals surface area (Å²) >= 11 is 1.59. The third-order valence-electron chi connectivity index (χ3n) is 4.66. The van der Waals surface area contributed by atoms with Crippen molar-refractivity contribution in [3.63, 3.8) is 0 Å². The van der Waals surface area contributed by atoms with Gasteiger partial charge in [-0.3, -0.25) is 4.79 Å². The summed E-state index contributed by atoms with van der Waals surface area (Å²) < 4.78 is 7.21. The number of nitrogens with one attached hydrogen (secondary N) is 1. The quantitative estimate of drug-likeness (QED) is 0.707. The molecule has 0 fully saturated rings. The van der Waals surface area contributed by atoms with E-state index in [1.165, 1.54) is 0 Å². The van der Waals surface area contributed by atoms with E-state index in [0.717, 1.165) is 34.0 Å². The zero-order valence-corrected chi connectivity index (χ0v) is 17.7. The fourth-order valence-corrected chi connectivity index (χ4v) is 4.69. The first kappa shape index (κ1) is 19.4. The smallest absolute Gasteiger partial charge is 0.252 e. The molecule has 1 amide bonds. The second-order valence-corrected chi connectivity index (χ2v) is 8.04. The van der Waals surface area contributed by atoms with Crippen LogP contribution in [0.15, 0.2) is 30.3 Å². The van der Waals surface area contributed by atoms with Crippen LogP contribution >= 0.6 is 11.8 Å². The van der Waals surface area contributed by atoms with Gasteiger partial charge in [0.15, 0.2) is 0 Å². The first-order chi connectivity index (χ1) is 14.0. The van der Waals surface area contributed by atoms with Gasteiger partial charge in [-0.2, -0.15) is 9.78 Å². The van der Waals surface area contributed by atoms with Crippen LogP contribution in [0.4, 0.5) is 5.82 Å². The Kier molecular flexibility index (Phi) is 5.27. The van der Waals surface area contributed by atoms with Gasteiger partial charge in [0, 0.05) is 17.0 Å². The zero-order valence-electron chi connectivity index (χ0n) is 16.9. The van der Waals surface area contributed by atoms with Gasteiger partial charge in [0.25, 0.3) is 5.95 Å². The molecule has 1 atom stereocenters. The highest BCUT2D eigenvalue weighted by molar-refractivity contribution is 8.00. The van der Waals surface area contributed by atoms with E-state index in [1.807, 2.05) is 58.0 Å². The molecular formula is C21H23N5O2S. The van der Waals surface area contributed by atoms with Crippen LogP contribution in [0.5, 0.6) is 5.75 Å². The molecule has 0 saturated heterocycles. The highest BCUT2D eigenvalue weighted by Gasteiger charge is 2.31. The highest BCUT2D eigenvalue weighted by atomic mass is 32.2. The highest BCUT2D eigenvalue weighted by Crippen LogP contribution is 2.43. The van der Waals surface area contributed by atoms with Gasteiger partial charge in [0.05, 0.1) is 23.3 Å². The molecule has 1 aliphatic heterocycles. The fourth-order valence-electron chi connectivity index (χ4n) is 3.50. The summed E-state index contributed by atoms with van der Waals surface area (Å²) in [5, 5.41) is 7.67. The predicted octanol–water partition coefficient (Wildman–Crippen LogP) is 3.76. The third kappa shape index (κ3) is 3.85. The average Bonchev–Trinajstić information content (AvgIpc) is 2.88. The number of anilines is 1. The zero-order chi connectivity index (χ0) is 20.5. The van der Waals surface area contributed by atoms with Crippen molar-refractivity contribution in [3.8, 4) is 11.7 Å². The molecule has 150 valence electrons. The Labute approximate surface area is 173 Å². The lowest BCUT2D eigenvalue weighted by molar-refractivity contribution is -0.113. The summed E-state index contributed by atoms with van der Waals surface area (Å²) in [5.41, 5.74) is 4.63. The molecule has 0 radical (unpaired) electrons. The Morgan fingerprint density at radius 3 is 2.52 bits per heavy atom. The number of thioether (sulfide) groups is 1. The lowest BCUT2D eigenvalue weighted by atomic mass is 10.0. The second kappa shape index (κ2) is 7.87. The first-order valence-electron chi connectivity index (χ1n) is 9.52. The van der Waals surface area contributed by atoms with Crippen molar-refractivity contribution in [3.05, 3.63) is 58.5 Å². The number of fused-ring (bicyclic) bond motifs is 1. The first-order valence-corrected chi connectivity index (χ1v) is 10.6. The van der Waals surface area contributed by atoms with Gasteiger partial charge in [-0.25, -0.2) is 9.97 Å². The molecule has 3 aromatic rings. The number of hydrogen-bond donors (Lipinski definition) is 1. The molecule has 4 rings (SSSR count). The van der Waals surface area contributed by atoms with Crippen LogP contribution < -0.4 is 10.1 Å². The van der Waals surface area contributed by atoms with E-state index < -0.39 is 0 Å². The van der Waals surface area contributed by atoms with Crippen LogP contribution in [-0.2, 0) is 4.79 Å². The van der Waals surface area contributed by atoms with Gasteiger partial charge in [0.1, 0.15) is 11.6 Å². The van der Waals surface area contributed by atoms with Crippen LogP contribution in [0.1, 0.15) is 40.4 Å². The number of aromatic nitrogens is 4. The molecule has 0 bridgehead atoms. The SMILES string of the molecule is CCOc1ccc([C@@H]2SCC(=O)Nc3c2c(C)nn3-c2nc(C)cc(C)n2)cc1. The van der Waals surface area contributed by atoms with Crippen LogP contribution in [0, 0.1) is 20.8 Å². The predicted molar refractivity (Wildman–Crippen MR) is 114 cm³/mol. The van der Waals surface area contributed by atoms with Crippen LogP contribution in [0.25, 0.3) is 5.95 Å². The van der Waals surface area contributed by atoms with Crippen molar-refractivity contribution in [1.82, 2.24) is 19.7 Å². The van der Waals surface area contributed by atoms with Gasteiger partial charge in [-0.05, 0) is 51.5 Å². The number of amides is 1. The molecule has 0 saturated carbocycles. The van der Waals surface area contributed by atoms with Crippen molar-refractivity contribution in [2.24, 2.45) is 0 Å². The van der Waals surface area contributed by atoms with Crippen molar-refractivity contribution in [1.29, 1.82) is 0 Å². The minimum absolute atomic E-state index is 0.0284. The van der Waals surface area contributed by atoms with Gasteiger partial charge < -0.3 is 10.1 Å². The third-order valence-corrected chi connectivity index (χ3v) is 5.93. The molecule has 0 unspecified atom stereocenters. The largest absolute Gasteiger partial charge is 0.494 e. The van der Waals surface area contributed by atoms with E-state index >= 15 is 0 Å². The number of hydrogen-bond acceptors (Lipinski definition) is 6. The number of carbonyl (C=O) groups is 1. The monoisotopic (exact) mass is 409 g/mol. The Morgan fingerprint density at radius 2 is 1.86 bits per heavy atom. The van der Waals surface area contributed by atoms with E-state index in [0.29, 0.717) is 24.1 Å². The minimum Gasteiger partial charge on any atom is -0.494 e. The van der Waals surface area contributed by atoms with Crippen molar-refractivity contribution in [2.75, 3.05) is 17.7 Å². The number of nitrogens with zero attached hydrogens (tertiary/aromatic N) is 4. The summed E-state index contributed by atoms with van der Waals surface area (Å²) in [6.45, 7) is 8.39. The minimum atomic E-state index is -0.0600. The Bertz CT molecular complexity index is 1040. The summed E-state index contributed by atoms with van der Waals surface area (Å²) in [7, 11) is 0. The topological polar surface area (TPSA) is 81.9 Å². The van der Waals surface area contributed by atoms with Gasteiger partial charge in [-0.1, -0.05) is 12.1 Å². The van der Waals surface area contributed by atoms with Crippen molar-refractivity contribution in [2.45, 2.75) is 32.9 Å². The summed E-state index contributed by atoms with van der Waals surface area (Å²) in [4.78, 5) is 21.5. The molecule has 2 aromatic heterocycles. The maximum Gasteiger partial charge on any atom is 0.252 e. The number of carbonyl (C=O) groups excluding carboxylic acids is 1. The van der Waals surface area contributed by atoms with Gasteiger partial charge in [-0.15, -0.1) is 11.8 Å². The van der Waals surface area contributed by atoms with E-state index in [1.54, 1.807) is 16.4 Å². The van der Waals surface area contributed by atoms with E-state index in [-0.39, 0.29) is 11.2 Å². The number of ether oxygens (including phenoxy) is 1. The molecule has 7 nitrogen and oxygen atoms in total. The lowest BCUT2D eigenvalue weighted by Crippen LogP contribution is -2.17. The molecular weight excluding hydrogens is 386 g/mol. The van der Waals surface area contributed by atoms with E-state index in [4.69, 9.17) is 4.74 Å². The molecule has 1 aliphatic rings. The molecule has 1 aromatic carbocycles. The Balaban J connectivity index is 1.83. The molecule has 3 heterocycles. The van der Waals surface area contributed by atoms with Crippen LogP contribution in [0.2, 0.25) is 0 Å². The van der Waals surface area contributed by atoms with Gasteiger partial charge >= 0.3 is 0 Å². The number of benzene rings is 1. The Hall–Kier alpha value is -2.87. The summed E-state index contributed by atoms with van der Waals surface area (Å²) in [6, 6.07) is 9.94. The lowest BCUT2D eigenvalue weighted by Gasteiger charge is -2.16. The van der Waals surface area contributed by atoms with E-state index in [9.17, 15) is 4.79 Å². The van der Waals surface area contributed by atoms with Crippen LogP contribution in [0.3, 0.4) is 0 Å². The summed E-state index contributed by atoms with van der Waals surface area (Å²) in [5.74, 6) is 2.24. The van der Waals surface area contributed by atoms with Gasteiger partial charge in [0.2, 0.25) is 5.91 Å². The van der Waals surface area contributed by atoms with E-state index in [2.05, 4.69) is 20.4 Å². The maximum absolute atomic E-state index is 12.5. The molecule has 29 heavy (non-hydrogen) atoms. The second-order valence-electron chi connectivity index (χ2n) is 6.95. The molecule has 0 spiro atoms. The Morgan fingerprint density at radius 1 is 1.17 bits per heavy atom. The molecule has 1 N–H and O–H groups in total. The maximum atomic E-state index is 12.5. The normalized spacial score (nSPS) is 16.1. The van der Waals surface area contributed by atoms with Crippen molar-refractivity contribution < 1.29 is 9.53 Å². The van der Waals surface area contributed by atoms with Crippen LogP contribution in [-0.4, -0.2) is 38.0 Å². The molecule has 8 heteroatoms. The standard InChI is InChI=1S/C21H23N5O2S/c1-5-28-16-8-6-15(7-9-16)19-18-14(4)25-26(20(18)24-17(27)11-29-19)21-22-12(2)10-13(3)23-21/h6-10,19H,5,11H2,1-4H3,(H,24,27)/t19-/m0/s1. The summed E-state index contributed by atoms with van der Waals surface area (Å²) in [6.07, 6.45) is 0. The number of aryl methyl sites for hydroxylation is 3. The average molecular weight is 410 g/mol.